The number of ether oxygens (including phenoxy) is 4. The Labute approximate surface area is 227 Å². The summed E-state index contributed by atoms with van der Waals surface area (Å²) < 4.78 is 30.3. The molecule has 7 heteroatoms. The van der Waals surface area contributed by atoms with Gasteiger partial charge >= 0.3 is 0 Å². The van der Waals surface area contributed by atoms with Crippen molar-refractivity contribution in [2.24, 2.45) is 28.6 Å². The monoisotopic (exact) mass is 538 g/mol. The average molecular weight is 539 g/mol. The van der Waals surface area contributed by atoms with Crippen molar-refractivity contribution < 1.29 is 28.5 Å². The highest BCUT2D eigenvalue weighted by atomic mass is 28.4. The largest absolute Gasteiger partial charge is 0.413 e. The summed E-state index contributed by atoms with van der Waals surface area (Å²) in [5.74, 6) is 0.274. The smallest absolute Gasteiger partial charge is 0.192 e. The van der Waals surface area contributed by atoms with Gasteiger partial charge in [0, 0.05) is 36.9 Å². The first-order valence-corrected chi connectivity index (χ1v) is 16.8. The Kier molecular flexibility index (Phi) is 9.04. The first kappa shape index (κ1) is 31.0. The summed E-state index contributed by atoms with van der Waals surface area (Å²) in [7, 11) is 1.31. The number of hydrogen-bond donors (Lipinski definition) is 1. The van der Waals surface area contributed by atoms with Crippen LogP contribution in [0.25, 0.3) is 0 Å². The second kappa shape index (κ2) is 10.8. The Morgan fingerprint density at radius 3 is 2.24 bits per heavy atom. The van der Waals surface area contributed by atoms with Crippen LogP contribution in [0.2, 0.25) is 18.1 Å². The minimum atomic E-state index is -2.00. The SMILES string of the molecule is C=C[C@]12C[C@@](C)(OCOC)[C@H](CC[C@H]1C(=C)[C@@H]1C[C@H](O[Si](C)(C)C(C)(C)C)C(C)(C)[C@@H]1O)[C@H]2OCOC. The van der Waals surface area contributed by atoms with Gasteiger partial charge in [0.2, 0.25) is 0 Å². The third-order valence-corrected chi connectivity index (χ3v) is 15.1. The summed E-state index contributed by atoms with van der Waals surface area (Å²) in [6.45, 7) is 27.3. The molecule has 3 aliphatic rings. The lowest BCUT2D eigenvalue weighted by Crippen LogP contribution is -2.48. The second-order valence-corrected chi connectivity index (χ2v) is 18.9. The zero-order valence-corrected chi connectivity index (χ0v) is 26.2. The van der Waals surface area contributed by atoms with E-state index in [9.17, 15) is 5.11 Å². The van der Waals surface area contributed by atoms with Crippen LogP contribution in [0.5, 0.6) is 0 Å². The van der Waals surface area contributed by atoms with Crippen LogP contribution < -0.4 is 0 Å². The molecule has 0 saturated heterocycles. The van der Waals surface area contributed by atoms with E-state index in [-0.39, 0.29) is 59.4 Å². The van der Waals surface area contributed by atoms with Crippen molar-refractivity contribution >= 4 is 8.32 Å². The third kappa shape index (κ3) is 5.31. The normalized spacial score (nSPS) is 39.6. The maximum Gasteiger partial charge on any atom is 0.192 e. The Morgan fingerprint density at radius 2 is 1.70 bits per heavy atom. The topological polar surface area (TPSA) is 66.4 Å². The molecule has 0 amide bonds. The molecule has 3 aliphatic carbocycles. The number of rotatable bonds is 11. The van der Waals surface area contributed by atoms with Crippen molar-refractivity contribution in [3.63, 3.8) is 0 Å². The highest BCUT2D eigenvalue weighted by Gasteiger charge is 2.66. The van der Waals surface area contributed by atoms with E-state index in [0.717, 1.165) is 31.3 Å². The van der Waals surface area contributed by atoms with Gasteiger partial charge < -0.3 is 28.5 Å². The molecular weight excluding hydrogens is 484 g/mol. The van der Waals surface area contributed by atoms with E-state index in [0.29, 0.717) is 0 Å². The van der Waals surface area contributed by atoms with Crippen LogP contribution in [0.3, 0.4) is 0 Å². The Hall–Kier alpha value is -0.543. The lowest BCUT2D eigenvalue weighted by Gasteiger charge is -2.47. The highest BCUT2D eigenvalue weighted by molar-refractivity contribution is 6.74. The minimum Gasteiger partial charge on any atom is -0.413 e. The summed E-state index contributed by atoms with van der Waals surface area (Å²) in [6, 6.07) is 0. The van der Waals surface area contributed by atoms with Crippen LogP contribution in [0, 0.1) is 28.6 Å². The van der Waals surface area contributed by atoms with Crippen molar-refractivity contribution in [2.75, 3.05) is 27.8 Å². The summed E-state index contributed by atoms with van der Waals surface area (Å²) in [6.07, 6.45) is 4.90. The van der Waals surface area contributed by atoms with Crippen LogP contribution in [0.4, 0.5) is 0 Å². The molecular formula is C30H54O6Si. The molecule has 6 nitrogen and oxygen atoms in total. The summed E-state index contributed by atoms with van der Waals surface area (Å²) in [4.78, 5) is 0. The molecule has 0 radical (unpaired) electrons. The average Bonchev–Trinajstić information content (AvgIpc) is 3.12. The van der Waals surface area contributed by atoms with Crippen molar-refractivity contribution in [1.29, 1.82) is 0 Å². The van der Waals surface area contributed by atoms with Gasteiger partial charge in [-0.1, -0.05) is 52.8 Å². The maximum atomic E-state index is 11.7. The van der Waals surface area contributed by atoms with Gasteiger partial charge in [-0.2, -0.15) is 0 Å². The Bertz CT molecular complexity index is 834. The number of methoxy groups -OCH3 is 2. The number of fused-ring (bicyclic) bond motifs is 2. The second-order valence-electron chi connectivity index (χ2n) is 14.1. The molecule has 0 heterocycles. The molecule has 3 fully saturated rings. The molecule has 3 rings (SSSR count). The molecule has 2 bridgehead atoms. The van der Waals surface area contributed by atoms with Crippen LogP contribution >= 0.6 is 0 Å². The van der Waals surface area contributed by atoms with Gasteiger partial charge in [-0.25, -0.2) is 0 Å². The Morgan fingerprint density at radius 1 is 1.08 bits per heavy atom. The van der Waals surface area contributed by atoms with Gasteiger partial charge in [-0.3, -0.25) is 0 Å². The molecule has 214 valence electrons. The van der Waals surface area contributed by atoms with E-state index < -0.39 is 20.0 Å². The molecule has 3 saturated carbocycles. The van der Waals surface area contributed by atoms with Gasteiger partial charge in [0.1, 0.15) is 13.6 Å². The fraction of sp³-hybridized carbons (Fsp3) is 0.867. The van der Waals surface area contributed by atoms with E-state index in [1.54, 1.807) is 14.2 Å². The van der Waals surface area contributed by atoms with Crippen LogP contribution in [0.15, 0.2) is 24.8 Å². The molecule has 0 aromatic rings. The summed E-state index contributed by atoms with van der Waals surface area (Å²) >= 11 is 0. The van der Waals surface area contributed by atoms with Crippen molar-refractivity contribution in [1.82, 2.24) is 0 Å². The summed E-state index contributed by atoms with van der Waals surface area (Å²) in [5.41, 5.74) is -0.0239. The van der Waals surface area contributed by atoms with Gasteiger partial charge in [-0.15, -0.1) is 6.58 Å². The highest BCUT2D eigenvalue weighted by Crippen LogP contribution is 2.65. The zero-order valence-electron chi connectivity index (χ0n) is 25.2. The lowest BCUT2D eigenvalue weighted by atomic mass is 9.61. The number of hydrogen-bond acceptors (Lipinski definition) is 6. The van der Waals surface area contributed by atoms with Gasteiger partial charge in [-0.05, 0) is 56.7 Å². The van der Waals surface area contributed by atoms with Crippen LogP contribution in [-0.4, -0.2) is 65.1 Å². The molecule has 0 aliphatic heterocycles. The molecule has 37 heavy (non-hydrogen) atoms. The predicted molar refractivity (Wildman–Crippen MR) is 151 cm³/mol. The number of aliphatic hydroxyl groups is 1. The molecule has 0 spiro atoms. The van der Waals surface area contributed by atoms with E-state index >= 15 is 0 Å². The zero-order chi connectivity index (χ0) is 28.0. The van der Waals surface area contributed by atoms with Gasteiger partial charge in [0.25, 0.3) is 0 Å². The fourth-order valence-electron chi connectivity index (χ4n) is 7.27. The van der Waals surface area contributed by atoms with Gasteiger partial charge in [0.15, 0.2) is 8.32 Å². The first-order chi connectivity index (χ1) is 17.0. The van der Waals surface area contributed by atoms with Crippen LogP contribution in [0.1, 0.15) is 67.2 Å². The Balaban J connectivity index is 1.93. The van der Waals surface area contributed by atoms with E-state index in [1.165, 1.54) is 0 Å². The molecule has 0 aromatic carbocycles. The van der Waals surface area contributed by atoms with Crippen LogP contribution in [-0.2, 0) is 23.4 Å². The molecule has 8 atom stereocenters. The fourth-order valence-corrected chi connectivity index (χ4v) is 8.74. The quantitative estimate of drug-likeness (QED) is 0.189. The standard InChI is InChI=1S/C30H54O6Si/c1-13-30-17-29(8,35-19-33-10)23(26(30)34-18-32-9)15-14-22(30)20(2)21-16-24(28(6,7)25(21)31)36-37(11,12)27(3,4)5/h13,21-26,31H,1-2,14-19H2,3-12H3/t21-,22-,23+,24-,25+,26+,29+,30-/m0/s1. The predicted octanol–water partition coefficient (Wildman–Crippen LogP) is 6.31. The number of aliphatic hydroxyl groups excluding tert-OH is 1. The maximum absolute atomic E-state index is 11.7. The minimum absolute atomic E-state index is 0.0134. The third-order valence-electron chi connectivity index (χ3n) is 10.6. The van der Waals surface area contributed by atoms with Gasteiger partial charge in [0.05, 0.1) is 23.9 Å². The molecule has 0 unspecified atom stereocenters. The van der Waals surface area contributed by atoms with E-state index in [2.05, 4.69) is 73.9 Å². The van der Waals surface area contributed by atoms with E-state index in [1.807, 2.05) is 0 Å². The van der Waals surface area contributed by atoms with Crippen molar-refractivity contribution in [2.45, 2.75) is 109 Å². The first-order valence-electron chi connectivity index (χ1n) is 13.9. The molecule has 0 aromatic heterocycles. The molecule has 1 N–H and O–H groups in total. The van der Waals surface area contributed by atoms with E-state index in [4.69, 9.17) is 23.4 Å². The van der Waals surface area contributed by atoms with Crippen molar-refractivity contribution in [3.8, 4) is 0 Å². The summed E-state index contributed by atoms with van der Waals surface area (Å²) in [5, 5.41) is 11.8. The lowest BCUT2D eigenvalue weighted by molar-refractivity contribution is -0.168. The van der Waals surface area contributed by atoms with Crippen molar-refractivity contribution in [3.05, 3.63) is 24.8 Å².